The fourth-order valence-electron chi connectivity index (χ4n) is 2.08. The molecule has 104 valence electrons. The molecule has 7 heteroatoms. The molecule has 1 aliphatic heterocycles. The van der Waals surface area contributed by atoms with Crippen LogP contribution in [0.2, 0.25) is 0 Å². The van der Waals surface area contributed by atoms with Crippen LogP contribution in [0.15, 0.2) is 22.0 Å². The number of nitrogens with zero attached hydrogens (tertiary/aromatic N) is 3. The van der Waals surface area contributed by atoms with Crippen LogP contribution in [-0.2, 0) is 6.54 Å². The van der Waals surface area contributed by atoms with E-state index in [9.17, 15) is 0 Å². The number of hydrogen-bond acceptors (Lipinski definition) is 6. The van der Waals surface area contributed by atoms with Gasteiger partial charge in [-0.3, -0.25) is 4.90 Å². The second-order valence-electron chi connectivity index (χ2n) is 4.37. The third-order valence-electron chi connectivity index (χ3n) is 3.00. The van der Waals surface area contributed by atoms with Crippen LogP contribution in [0, 0.1) is 0 Å². The van der Waals surface area contributed by atoms with E-state index in [1.54, 1.807) is 11.3 Å². The maximum Gasteiger partial charge on any atom is 0.241 e. The summed E-state index contributed by atoms with van der Waals surface area (Å²) in [5.74, 6) is 1.41. The number of thiophene rings is 1. The summed E-state index contributed by atoms with van der Waals surface area (Å²) in [7, 11) is 0. The van der Waals surface area contributed by atoms with E-state index in [4.69, 9.17) is 4.52 Å². The first-order chi connectivity index (χ1) is 8.92. The van der Waals surface area contributed by atoms with Gasteiger partial charge in [0.1, 0.15) is 0 Å². The average molecular weight is 301 g/mol. The third kappa shape index (κ3) is 3.76. The van der Waals surface area contributed by atoms with Crippen LogP contribution in [0.5, 0.6) is 0 Å². The van der Waals surface area contributed by atoms with Gasteiger partial charge >= 0.3 is 0 Å². The summed E-state index contributed by atoms with van der Waals surface area (Å²) >= 11 is 1.63. The van der Waals surface area contributed by atoms with Crippen molar-refractivity contribution in [2.45, 2.75) is 13.0 Å². The summed E-state index contributed by atoms with van der Waals surface area (Å²) in [6.45, 7) is 5.01. The molecule has 5 nitrogen and oxygen atoms in total. The topological polar surface area (TPSA) is 54.2 Å². The SMILES string of the molecule is Cl.c1csc(-c2noc(CN3CCCNCC3)n2)c1. The van der Waals surface area contributed by atoms with Gasteiger partial charge in [0.25, 0.3) is 0 Å². The zero-order valence-electron chi connectivity index (χ0n) is 10.5. The lowest BCUT2D eigenvalue weighted by atomic mass is 10.4. The van der Waals surface area contributed by atoms with E-state index in [2.05, 4.69) is 20.4 Å². The van der Waals surface area contributed by atoms with Gasteiger partial charge < -0.3 is 9.84 Å². The van der Waals surface area contributed by atoms with Gasteiger partial charge in [-0.15, -0.1) is 23.7 Å². The van der Waals surface area contributed by atoms with Crippen molar-refractivity contribution in [3.05, 3.63) is 23.4 Å². The van der Waals surface area contributed by atoms with Crippen molar-refractivity contribution in [3.8, 4) is 10.7 Å². The first-order valence-corrected chi connectivity index (χ1v) is 7.09. The van der Waals surface area contributed by atoms with Gasteiger partial charge in [-0.05, 0) is 31.0 Å². The normalized spacial score (nSPS) is 16.8. The number of hydrogen-bond donors (Lipinski definition) is 1. The zero-order chi connectivity index (χ0) is 12.2. The van der Waals surface area contributed by atoms with Crippen LogP contribution < -0.4 is 5.32 Å². The third-order valence-corrected chi connectivity index (χ3v) is 3.87. The largest absolute Gasteiger partial charge is 0.338 e. The van der Waals surface area contributed by atoms with Gasteiger partial charge in [0.2, 0.25) is 11.7 Å². The van der Waals surface area contributed by atoms with Crippen molar-refractivity contribution in [2.75, 3.05) is 26.2 Å². The van der Waals surface area contributed by atoms with Crippen molar-refractivity contribution in [2.24, 2.45) is 0 Å². The summed E-state index contributed by atoms with van der Waals surface area (Å²) < 4.78 is 5.32. The summed E-state index contributed by atoms with van der Waals surface area (Å²) in [4.78, 5) is 7.86. The highest BCUT2D eigenvalue weighted by Crippen LogP contribution is 2.21. The number of halogens is 1. The Labute approximate surface area is 122 Å². The molecular weight excluding hydrogens is 284 g/mol. The molecular formula is C12H17ClN4OS. The van der Waals surface area contributed by atoms with Crippen LogP contribution in [0.3, 0.4) is 0 Å². The van der Waals surface area contributed by atoms with E-state index in [1.807, 2.05) is 17.5 Å². The van der Waals surface area contributed by atoms with E-state index in [0.717, 1.165) is 37.6 Å². The quantitative estimate of drug-likeness (QED) is 0.940. The summed E-state index contributed by atoms with van der Waals surface area (Å²) in [6.07, 6.45) is 1.17. The minimum atomic E-state index is 0. The Morgan fingerprint density at radius 2 is 2.32 bits per heavy atom. The molecule has 0 unspecified atom stereocenters. The molecule has 0 spiro atoms. The van der Waals surface area contributed by atoms with Crippen molar-refractivity contribution >= 4 is 23.7 Å². The molecule has 0 bridgehead atoms. The van der Waals surface area contributed by atoms with Gasteiger partial charge in [-0.1, -0.05) is 11.2 Å². The second-order valence-corrected chi connectivity index (χ2v) is 5.32. The molecule has 0 aliphatic carbocycles. The second kappa shape index (κ2) is 7.00. The molecule has 2 aromatic heterocycles. The standard InChI is InChI=1S/C12H16N4OS.ClH/c1-3-10(18-8-1)12-14-11(17-15-12)9-16-6-2-4-13-5-7-16;/h1,3,8,13H,2,4-7,9H2;1H. The minimum absolute atomic E-state index is 0. The summed E-state index contributed by atoms with van der Waals surface area (Å²) in [6, 6.07) is 4.01. The Bertz CT molecular complexity index is 480. The zero-order valence-corrected chi connectivity index (χ0v) is 12.2. The molecule has 3 rings (SSSR count). The Balaban J connectivity index is 0.00000133. The lowest BCUT2D eigenvalue weighted by molar-refractivity contribution is 0.239. The fraction of sp³-hybridized carbons (Fsp3) is 0.500. The van der Waals surface area contributed by atoms with Crippen molar-refractivity contribution in [3.63, 3.8) is 0 Å². The maximum absolute atomic E-state index is 5.32. The van der Waals surface area contributed by atoms with Gasteiger partial charge in [-0.2, -0.15) is 4.98 Å². The van der Waals surface area contributed by atoms with Gasteiger partial charge in [0.15, 0.2) is 0 Å². The van der Waals surface area contributed by atoms with Gasteiger partial charge in [0.05, 0.1) is 11.4 Å². The molecule has 0 radical (unpaired) electrons. The van der Waals surface area contributed by atoms with Crippen molar-refractivity contribution < 1.29 is 4.52 Å². The average Bonchev–Trinajstić information content (AvgIpc) is 2.98. The Morgan fingerprint density at radius 1 is 1.37 bits per heavy atom. The smallest absolute Gasteiger partial charge is 0.241 e. The Hall–Kier alpha value is -0.950. The molecule has 3 heterocycles. The summed E-state index contributed by atoms with van der Waals surface area (Å²) in [5.41, 5.74) is 0. The molecule has 0 aromatic carbocycles. The van der Waals surface area contributed by atoms with Crippen LogP contribution in [-0.4, -0.2) is 41.2 Å². The predicted molar refractivity (Wildman–Crippen MR) is 77.6 cm³/mol. The van der Waals surface area contributed by atoms with E-state index in [0.29, 0.717) is 11.7 Å². The molecule has 2 aromatic rings. The molecule has 0 saturated carbocycles. The highest BCUT2D eigenvalue weighted by Gasteiger charge is 2.14. The van der Waals surface area contributed by atoms with E-state index in [1.165, 1.54) is 6.42 Å². The predicted octanol–water partition coefficient (Wildman–Crippen LogP) is 2.02. The molecule has 0 atom stereocenters. The lowest BCUT2D eigenvalue weighted by Gasteiger charge is -2.16. The molecule has 1 saturated heterocycles. The van der Waals surface area contributed by atoms with Crippen molar-refractivity contribution in [1.29, 1.82) is 0 Å². The number of rotatable bonds is 3. The van der Waals surface area contributed by atoms with E-state index < -0.39 is 0 Å². The monoisotopic (exact) mass is 300 g/mol. The number of nitrogens with one attached hydrogen (secondary N) is 1. The minimum Gasteiger partial charge on any atom is -0.338 e. The van der Waals surface area contributed by atoms with Gasteiger partial charge in [0, 0.05) is 13.1 Å². The Morgan fingerprint density at radius 3 is 3.16 bits per heavy atom. The molecule has 19 heavy (non-hydrogen) atoms. The molecule has 1 fully saturated rings. The van der Waals surface area contributed by atoms with Crippen LogP contribution in [0.4, 0.5) is 0 Å². The van der Waals surface area contributed by atoms with Crippen LogP contribution in [0.25, 0.3) is 10.7 Å². The lowest BCUT2D eigenvalue weighted by Crippen LogP contribution is -2.27. The first-order valence-electron chi connectivity index (χ1n) is 6.21. The maximum atomic E-state index is 5.32. The van der Waals surface area contributed by atoms with Crippen molar-refractivity contribution in [1.82, 2.24) is 20.4 Å². The highest BCUT2D eigenvalue weighted by molar-refractivity contribution is 7.13. The molecule has 0 amide bonds. The fourth-order valence-corrected chi connectivity index (χ4v) is 2.73. The van der Waals surface area contributed by atoms with Crippen LogP contribution in [0.1, 0.15) is 12.3 Å². The first kappa shape index (κ1) is 14.5. The number of aromatic nitrogens is 2. The van der Waals surface area contributed by atoms with E-state index >= 15 is 0 Å². The van der Waals surface area contributed by atoms with Gasteiger partial charge in [-0.25, -0.2) is 0 Å². The highest BCUT2D eigenvalue weighted by atomic mass is 35.5. The Kier molecular flexibility index (Phi) is 5.33. The summed E-state index contributed by atoms with van der Waals surface area (Å²) in [5, 5.41) is 9.43. The van der Waals surface area contributed by atoms with E-state index in [-0.39, 0.29) is 12.4 Å². The molecule has 1 N–H and O–H groups in total. The van der Waals surface area contributed by atoms with Crippen LogP contribution >= 0.6 is 23.7 Å². The molecule has 1 aliphatic rings.